The summed E-state index contributed by atoms with van der Waals surface area (Å²) >= 11 is 1.58. The molecule has 0 aliphatic heterocycles. The van der Waals surface area contributed by atoms with Crippen LogP contribution in [0.25, 0.3) is 0 Å². The average molecular weight is 463 g/mol. The van der Waals surface area contributed by atoms with Gasteiger partial charge in [0.1, 0.15) is 12.4 Å². The molecule has 4 rings (SSSR count). The monoisotopic (exact) mass is 462 g/mol. The van der Waals surface area contributed by atoms with E-state index in [0.29, 0.717) is 19.6 Å². The molecule has 6 heteroatoms. The van der Waals surface area contributed by atoms with E-state index in [4.69, 9.17) is 0 Å². The lowest BCUT2D eigenvalue weighted by atomic mass is 10.1. The minimum atomic E-state index is -0.310. The molecule has 3 aromatic rings. The molecule has 2 amide bonds. The fourth-order valence-electron chi connectivity index (χ4n) is 4.06. The summed E-state index contributed by atoms with van der Waals surface area (Å²) in [6.45, 7) is 4.89. The van der Waals surface area contributed by atoms with Crippen molar-refractivity contribution in [3.63, 3.8) is 0 Å². The van der Waals surface area contributed by atoms with Crippen LogP contribution in [0.3, 0.4) is 0 Å². The summed E-state index contributed by atoms with van der Waals surface area (Å²) in [5.41, 5.74) is 2.01. The first-order valence-corrected chi connectivity index (χ1v) is 11.9. The third kappa shape index (κ3) is 5.96. The van der Waals surface area contributed by atoms with Gasteiger partial charge in [-0.1, -0.05) is 54.6 Å². The normalized spacial score (nSPS) is 16.8. The Hall–Kier alpha value is -3.25. The molecule has 1 aromatic heterocycles. The lowest BCUT2D eigenvalue weighted by Gasteiger charge is -2.27. The van der Waals surface area contributed by atoms with Gasteiger partial charge in [0.25, 0.3) is 0 Å². The zero-order valence-electron chi connectivity index (χ0n) is 18.4. The van der Waals surface area contributed by atoms with Gasteiger partial charge in [0, 0.05) is 23.9 Å². The summed E-state index contributed by atoms with van der Waals surface area (Å²) < 4.78 is 13.3. The van der Waals surface area contributed by atoms with Crippen molar-refractivity contribution in [2.24, 2.45) is 5.92 Å². The van der Waals surface area contributed by atoms with Gasteiger partial charge in [0.05, 0.1) is 6.54 Å². The summed E-state index contributed by atoms with van der Waals surface area (Å²) in [6.07, 6.45) is 2.47. The Morgan fingerprint density at radius 2 is 1.76 bits per heavy atom. The van der Waals surface area contributed by atoms with Crippen LogP contribution in [-0.2, 0) is 22.7 Å². The van der Waals surface area contributed by atoms with Crippen molar-refractivity contribution in [1.82, 2.24) is 9.80 Å². The Balaban J connectivity index is 1.46. The Kier molecular flexibility index (Phi) is 7.35. The maximum Gasteiger partial charge on any atom is 0.242 e. The summed E-state index contributed by atoms with van der Waals surface area (Å²) in [5, 5.41) is 1.97. The second-order valence-corrected chi connectivity index (χ2v) is 9.35. The van der Waals surface area contributed by atoms with Crippen LogP contribution < -0.4 is 0 Å². The van der Waals surface area contributed by atoms with Crippen molar-refractivity contribution < 1.29 is 14.0 Å². The van der Waals surface area contributed by atoms with E-state index < -0.39 is 0 Å². The lowest BCUT2D eigenvalue weighted by Crippen LogP contribution is -2.43. The lowest BCUT2D eigenvalue weighted by molar-refractivity contribution is -0.141. The van der Waals surface area contributed by atoms with Crippen LogP contribution in [0.15, 0.2) is 84.8 Å². The van der Waals surface area contributed by atoms with Gasteiger partial charge in [0.2, 0.25) is 11.8 Å². The molecule has 170 valence electrons. The first-order chi connectivity index (χ1) is 16.0. The zero-order chi connectivity index (χ0) is 23.2. The Labute approximate surface area is 198 Å². The van der Waals surface area contributed by atoms with Gasteiger partial charge in [-0.15, -0.1) is 17.9 Å². The molecule has 1 heterocycles. The van der Waals surface area contributed by atoms with Crippen molar-refractivity contribution in [2.45, 2.75) is 25.4 Å². The molecule has 1 aliphatic rings. The van der Waals surface area contributed by atoms with Gasteiger partial charge in [-0.2, -0.15) is 0 Å². The van der Waals surface area contributed by atoms with E-state index >= 15 is 0 Å². The smallest absolute Gasteiger partial charge is 0.242 e. The quantitative estimate of drug-likeness (QED) is 0.387. The SMILES string of the molecule is C=CCN(CC(=O)N(Cc1ccc(F)cc1)Cc1cccs1)C(=O)C1CC1c1ccccc1. The summed E-state index contributed by atoms with van der Waals surface area (Å²) in [6, 6.07) is 20.1. The maximum absolute atomic E-state index is 13.4. The van der Waals surface area contributed by atoms with E-state index in [1.807, 2.05) is 47.8 Å². The number of benzene rings is 2. The highest BCUT2D eigenvalue weighted by Gasteiger charge is 2.45. The topological polar surface area (TPSA) is 40.6 Å². The number of thiophene rings is 1. The van der Waals surface area contributed by atoms with Crippen LogP contribution in [0.2, 0.25) is 0 Å². The number of rotatable bonds is 10. The molecular formula is C27H27FN2O2S. The largest absolute Gasteiger partial charge is 0.332 e. The molecule has 4 nitrogen and oxygen atoms in total. The number of carbonyl (C=O) groups is 2. The van der Waals surface area contributed by atoms with Crippen LogP contribution >= 0.6 is 11.3 Å². The molecule has 2 aromatic carbocycles. The fraction of sp³-hybridized carbons (Fsp3) is 0.259. The number of carbonyl (C=O) groups excluding carboxylic acids is 2. The van der Waals surface area contributed by atoms with Crippen molar-refractivity contribution in [2.75, 3.05) is 13.1 Å². The van der Waals surface area contributed by atoms with Gasteiger partial charge in [-0.3, -0.25) is 9.59 Å². The molecule has 1 fully saturated rings. The highest BCUT2D eigenvalue weighted by Crippen LogP contribution is 2.48. The molecule has 2 unspecified atom stereocenters. The van der Waals surface area contributed by atoms with Gasteiger partial charge in [-0.05, 0) is 47.0 Å². The number of amides is 2. The highest BCUT2D eigenvalue weighted by atomic mass is 32.1. The number of nitrogens with zero attached hydrogens (tertiary/aromatic N) is 2. The zero-order valence-corrected chi connectivity index (χ0v) is 19.2. The number of halogens is 1. The average Bonchev–Trinajstić information content (AvgIpc) is 3.47. The molecule has 33 heavy (non-hydrogen) atoms. The van der Waals surface area contributed by atoms with Crippen LogP contribution in [-0.4, -0.2) is 34.7 Å². The minimum Gasteiger partial charge on any atom is -0.332 e. The van der Waals surface area contributed by atoms with Crippen molar-refractivity contribution in [1.29, 1.82) is 0 Å². The van der Waals surface area contributed by atoms with E-state index in [1.165, 1.54) is 12.1 Å². The fourth-order valence-corrected chi connectivity index (χ4v) is 4.78. The first-order valence-electron chi connectivity index (χ1n) is 11.0. The van der Waals surface area contributed by atoms with Crippen molar-refractivity contribution >= 4 is 23.2 Å². The molecule has 0 N–H and O–H groups in total. The Morgan fingerprint density at radius 1 is 1.00 bits per heavy atom. The van der Waals surface area contributed by atoms with E-state index in [1.54, 1.807) is 39.3 Å². The van der Waals surface area contributed by atoms with Gasteiger partial charge in [0.15, 0.2) is 0 Å². The molecule has 1 aliphatic carbocycles. The van der Waals surface area contributed by atoms with Crippen LogP contribution in [0, 0.1) is 11.7 Å². The van der Waals surface area contributed by atoms with Crippen LogP contribution in [0.1, 0.15) is 28.3 Å². The Bertz CT molecular complexity index is 1080. The molecule has 0 saturated heterocycles. The first kappa shape index (κ1) is 22.9. The third-order valence-corrected chi connectivity index (χ3v) is 6.75. The van der Waals surface area contributed by atoms with Crippen molar-refractivity contribution in [3.8, 4) is 0 Å². The Morgan fingerprint density at radius 3 is 2.42 bits per heavy atom. The molecule has 0 spiro atoms. The van der Waals surface area contributed by atoms with Crippen molar-refractivity contribution in [3.05, 3.63) is 107 Å². The predicted molar refractivity (Wildman–Crippen MR) is 129 cm³/mol. The second-order valence-electron chi connectivity index (χ2n) is 8.32. The van der Waals surface area contributed by atoms with Gasteiger partial charge >= 0.3 is 0 Å². The van der Waals surface area contributed by atoms with E-state index in [0.717, 1.165) is 22.4 Å². The molecule has 0 radical (unpaired) electrons. The molecule has 1 saturated carbocycles. The summed E-state index contributed by atoms with van der Waals surface area (Å²) in [5.74, 6) is -0.338. The highest BCUT2D eigenvalue weighted by molar-refractivity contribution is 7.09. The third-order valence-electron chi connectivity index (χ3n) is 5.89. The van der Waals surface area contributed by atoms with E-state index in [-0.39, 0.29) is 36.0 Å². The molecular weight excluding hydrogens is 435 g/mol. The van der Waals surface area contributed by atoms with Gasteiger partial charge in [-0.25, -0.2) is 4.39 Å². The van der Waals surface area contributed by atoms with Crippen LogP contribution in [0.4, 0.5) is 4.39 Å². The second kappa shape index (κ2) is 10.6. The summed E-state index contributed by atoms with van der Waals surface area (Å²) in [4.78, 5) is 31.0. The predicted octanol–water partition coefficient (Wildman–Crippen LogP) is 5.23. The van der Waals surface area contributed by atoms with E-state index in [9.17, 15) is 14.0 Å². The van der Waals surface area contributed by atoms with Gasteiger partial charge < -0.3 is 9.80 Å². The molecule has 0 bridgehead atoms. The number of hydrogen-bond acceptors (Lipinski definition) is 3. The standard InChI is InChI=1S/C27H27FN2O2S/c1-2-14-29(27(32)25-16-24(25)21-7-4-3-5-8-21)19-26(31)30(18-23-9-6-15-33-23)17-20-10-12-22(28)13-11-20/h2-13,15,24-25H,1,14,16-19H2. The van der Waals surface area contributed by atoms with E-state index in [2.05, 4.69) is 6.58 Å². The summed E-state index contributed by atoms with van der Waals surface area (Å²) in [7, 11) is 0. The van der Waals surface area contributed by atoms with Crippen LogP contribution in [0.5, 0.6) is 0 Å². The molecule has 2 atom stereocenters. The minimum absolute atomic E-state index is 0.00453. The number of hydrogen-bond donors (Lipinski definition) is 0. The maximum atomic E-state index is 13.4.